The number of carbonyl (C=O) groups is 1. The molecule has 0 saturated carbocycles. The minimum Gasteiger partial charge on any atom is -0.497 e. The number of hydrogen-bond donors (Lipinski definition) is 2. The predicted molar refractivity (Wildman–Crippen MR) is 96.5 cm³/mol. The number of methoxy groups -OCH3 is 1. The highest BCUT2D eigenvalue weighted by Crippen LogP contribution is 2.33. The van der Waals surface area contributed by atoms with Crippen molar-refractivity contribution < 1.29 is 14.3 Å². The van der Waals surface area contributed by atoms with Crippen molar-refractivity contribution in [1.29, 1.82) is 0 Å². The Bertz CT molecular complexity index is 673. The normalized spacial score (nSPS) is 19.4. The molecule has 2 N–H and O–H groups in total. The van der Waals surface area contributed by atoms with Gasteiger partial charge >= 0.3 is 6.03 Å². The SMILES string of the molecule is COc1ccc(CNC(=O)NC[C@@H]2CCO[C@@H]2c2ccccc2)cc1. The Morgan fingerprint density at radius 2 is 1.88 bits per heavy atom. The van der Waals surface area contributed by atoms with Gasteiger partial charge in [0.15, 0.2) is 0 Å². The van der Waals surface area contributed by atoms with E-state index in [2.05, 4.69) is 22.8 Å². The molecule has 0 bridgehead atoms. The minimum atomic E-state index is -0.158. The molecule has 0 unspecified atom stereocenters. The van der Waals surface area contributed by atoms with Gasteiger partial charge in [0, 0.05) is 25.6 Å². The van der Waals surface area contributed by atoms with Gasteiger partial charge in [-0.15, -0.1) is 0 Å². The van der Waals surface area contributed by atoms with E-state index in [0.717, 1.165) is 24.3 Å². The molecule has 0 spiro atoms. The van der Waals surface area contributed by atoms with Crippen LogP contribution in [0.1, 0.15) is 23.7 Å². The van der Waals surface area contributed by atoms with Crippen LogP contribution in [-0.4, -0.2) is 26.3 Å². The maximum Gasteiger partial charge on any atom is 0.315 e. The average molecular weight is 340 g/mol. The van der Waals surface area contributed by atoms with Crippen molar-refractivity contribution in [3.05, 3.63) is 65.7 Å². The van der Waals surface area contributed by atoms with Crippen molar-refractivity contribution in [1.82, 2.24) is 10.6 Å². The number of ether oxygens (including phenoxy) is 2. The number of hydrogen-bond acceptors (Lipinski definition) is 3. The third-order valence-electron chi connectivity index (χ3n) is 4.48. The number of amides is 2. The van der Waals surface area contributed by atoms with Gasteiger partial charge in [-0.3, -0.25) is 0 Å². The van der Waals surface area contributed by atoms with Gasteiger partial charge in [0.05, 0.1) is 13.2 Å². The summed E-state index contributed by atoms with van der Waals surface area (Å²) in [5.41, 5.74) is 2.20. The molecule has 2 aromatic rings. The van der Waals surface area contributed by atoms with Crippen LogP contribution in [0.5, 0.6) is 5.75 Å². The molecule has 0 aromatic heterocycles. The summed E-state index contributed by atoms with van der Waals surface area (Å²) in [5, 5.41) is 5.85. The number of carbonyl (C=O) groups excluding carboxylic acids is 1. The second-order valence-corrected chi connectivity index (χ2v) is 6.16. The van der Waals surface area contributed by atoms with Crippen molar-refractivity contribution >= 4 is 6.03 Å². The van der Waals surface area contributed by atoms with E-state index in [-0.39, 0.29) is 12.1 Å². The molecule has 2 aromatic carbocycles. The van der Waals surface area contributed by atoms with E-state index in [4.69, 9.17) is 9.47 Å². The predicted octanol–water partition coefficient (Wildman–Crippen LogP) is 3.27. The van der Waals surface area contributed by atoms with Crippen LogP contribution in [0.15, 0.2) is 54.6 Å². The number of nitrogens with one attached hydrogen (secondary N) is 2. The second-order valence-electron chi connectivity index (χ2n) is 6.16. The average Bonchev–Trinajstić information content (AvgIpc) is 3.14. The van der Waals surface area contributed by atoms with Gasteiger partial charge in [0.25, 0.3) is 0 Å². The zero-order valence-corrected chi connectivity index (χ0v) is 14.4. The van der Waals surface area contributed by atoms with Gasteiger partial charge in [-0.2, -0.15) is 0 Å². The van der Waals surface area contributed by atoms with E-state index in [9.17, 15) is 4.79 Å². The van der Waals surface area contributed by atoms with E-state index in [1.165, 1.54) is 5.56 Å². The van der Waals surface area contributed by atoms with Gasteiger partial charge in [-0.1, -0.05) is 42.5 Å². The molecule has 1 saturated heterocycles. The summed E-state index contributed by atoms with van der Waals surface area (Å²) in [7, 11) is 1.64. The van der Waals surface area contributed by atoms with Crippen LogP contribution in [-0.2, 0) is 11.3 Å². The number of benzene rings is 2. The lowest BCUT2D eigenvalue weighted by atomic mass is 9.95. The summed E-state index contributed by atoms with van der Waals surface area (Å²) >= 11 is 0. The molecule has 1 aliphatic heterocycles. The van der Waals surface area contributed by atoms with Crippen molar-refractivity contribution in [2.75, 3.05) is 20.3 Å². The van der Waals surface area contributed by atoms with Crippen LogP contribution in [0, 0.1) is 5.92 Å². The largest absolute Gasteiger partial charge is 0.497 e. The molecular weight excluding hydrogens is 316 g/mol. The highest BCUT2D eigenvalue weighted by Gasteiger charge is 2.29. The Balaban J connectivity index is 1.45. The lowest BCUT2D eigenvalue weighted by molar-refractivity contribution is 0.0910. The quantitative estimate of drug-likeness (QED) is 0.848. The standard InChI is InChI=1S/C20H24N2O3/c1-24-18-9-7-15(8-10-18)13-21-20(23)22-14-17-11-12-25-19(17)16-5-3-2-4-6-16/h2-10,17,19H,11-14H2,1H3,(H2,21,22,23)/t17-,19+/m0/s1. The Kier molecular flexibility index (Phi) is 5.90. The fraction of sp³-hybridized carbons (Fsp3) is 0.350. The van der Waals surface area contributed by atoms with Crippen LogP contribution in [0.25, 0.3) is 0 Å². The molecule has 25 heavy (non-hydrogen) atoms. The fourth-order valence-electron chi connectivity index (χ4n) is 3.07. The van der Waals surface area contributed by atoms with Gasteiger partial charge in [-0.25, -0.2) is 4.79 Å². The van der Waals surface area contributed by atoms with E-state index >= 15 is 0 Å². The maximum atomic E-state index is 12.1. The second kappa shape index (κ2) is 8.53. The number of urea groups is 1. The maximum absolute atomic E-state index is 12.1. The van der Waals surface area contributed by atoms with Gasteiger partial charge in [0.2, 0.25) is 0 Å². The molecule has 0 radical (unpaired) electrons. The zero-order chi connectivity index (χ0) is 17.5. The summed E-state index contributed by atoms with van der Waals surface area (Å²) in [6.45, 7) is 1.83. The monoisotopic (exact) mass is 340 g/mol. The van der Waals surface area contributed by atoms with Crippen LogP contribution in [0.2, 0.25) is 0 Å². The summed E-state index contributed by atoms with van der Waals surface area (Å²) < 4.78 is 11.0. The highest BCUT2D eigenvalue weighted by molar-refractivity contribution is 5.73. The Morgan fingerprint density at radius 3 is 2.60 bits per heavy atom. The first-order chi connectivity index (χ1) is 12.3. The molecule has 2 amide bonds. The molecule has 1 fully saturated rings. The summed E-state index contributed by atoms with van der Waals surface area (Å²) in [5.74, 6) is 1.11. The topological polar surface area (TPSA) is 59.6 Å². The van der Waals surface area contributed by atoms with Crippen molar-refractivity contribution in [3.8, 4) is 5.75 Å². The van der Waals surface area contributed by atoms with Crippen LogP contribution >= 0.6 is 0 Å². The van der Waals surface area contributed by atoms with E-state index in [1.54, 1.807) is 7.11 Å². The van der Waals surface area contributed by atoms with Crippen molar-refractivity contribution in [3.63, 3.8) is 0 Å². The molecule has 0 aliphatic carbocycles. The lowest BCUT2D eigenvalue weighted by Crippen LogP contribution is -2.38. The molecule has 3 rings (SSSR count). The third kappa shape index (κ3) is 4.73. The molecule has 5 nitrogen and oxygen atoms in total. The minimum absolute atomic E-state index is 0.0584. The van der Waals surface area contributed by atoms with Gasteiger partial charge < -0.3 is 20.1 Å². The highest BCUT2D eigenvalue weighted by atomic mass is 16.5. The molecule has 1 aliphatic rings. The molecule has 1 heterocycles. The first kappa shape index (κ1) is 17.3. The molecule has 5 heteroatoms. The van der Waals surface area contributed by atoms with E-state index < -0.39 is 0 Å². The summed E-state index contributed by atoms with van der Waals surface area (Å²) in [6, 6.07) is 17.7. The first-order valence-corrected chi connectivity index (χ1v) is 8.57. The van der Waals surface area contributed by atoms with Crippen LogP contribution in [0.3, 0.4) is 0 Å². The van der Waals surface area contributed by atoms with E-state index in [0.29, 0.717) is 19.0 Å². The van der Waals surface area contributed by atoms with Gasteiger partial charge in [-0.05, 0) is 29.7 Å². The third-order valence-corrected chi connectivity index (χ3v) is 4.48. The number of rotatable bonds is 6. The summed E-state index contributed by atoms with van der Waals surface area (Å²) in [6.07, 6.45) is 1.02. The Hall–Kier alpha value is -2.53. The smallest absolute Gasteiger partial charge is 0.315 e. The molecule has 2 atom stereocenters. The molecular formula is C20H24N2O3. The van der Waals surface area contributed by atoms with Crippen LogP contribution in [0.4, 0.5) is 4.79 Å². The Morgan fingerprint density at radius 1 is 1.12 bits per heavy atom. The van der Waals surface area contributed by atoms with Crippen molar-refractivity contribution in [2.45, 2.75) is 19.1 Å². The summed E-state index contributed by atoms with van der Waals surface area (Å²) in [4.78, 5) is 12.1. The molecule has 132 valence electrons. The van der Waals surface area contributed by atoms with E-state index in [1.807, 2.05) is 42.5 Å². The van der Waals surface area contributed by atoms with Crippen LogP contribution < -0.4 is 15.4 Å². The van der Waals surface area contributed by atoms with Crippen molar-refractivity contribution in [2.24, 2.45) is 5.92 Å². The van der Waals surface area contributed by atoms with Gasteiger partial charge in [0.1, 0.15) is 5.75 Å². The Labute approximate surface area is 148 Å². The zero-order valence-electron chi connectivity index (χ0n) is 14.4. The fourth-order valence-corrected chi connectivity index (χ4v) is 3.07. The lowest BCUT2D eigenvalue weighted by Gasteiger charge is -2.19. The first-order valence-electron chi connectivity index (χ1n) is 8.57.